The Morgan fingerprint density at radius 3 is 2.10 bits per heavy atom. The maximum atomic E-state index is 9.43. The standard InChI is InChI=1S/C17H20O3/c1-13(18)15-5-9-17(10-6-15)20-12-11-14-3-7-16(19-2)8-4-14/h3-10,13,18H,11-12H2,1-2H3/t13-/m0/s1. The van der Waals surface area contributed by atoms with Crippen molar-refractivity contribution >= 4 is 0 Å². The zero-order valence-electron chi connectivity index (χ0n) is 11.9. The summed E-state index contributed by atoms with van der Waals surface area (Å²) in [4.78, 5) is 0. The van der Waals surface area contributed by atoms with Crippen molar-refractivity contribution in [3.63, 3.8) is 0 Å². The van der Waals surface area contributed by atoms with Gasteiger partial charge in [-0.1, -0.05) is 24.3 Å². The van der Waals surface area contributed by atoms with E-state index in [-0.39, 0.29) is 0 Å². The lowest BCUT2D eigenvalue weighted by atomic mass is 10.1. The van der Waals surface area contributed by atoms with E-state index in [2.05, 4.69) is 0 Å². The molecule has 0 fully saturated rings. The van der Waals surface area contributed by atoms with Crippen LogP contribution in [0, 0.1) is 0 Å². The Morgan fingerprint density at radius 2 is 1.55 bits per heavy atom. The van der Waals surface area contributed by atoms with Gasteiger partial charge >= 0.3 is 0 Å². The highest BCUT2D eigenvalue weighted by Gasteiger charge is 2.01. The van der Waals surface area contributed by atoms with Crippen molar-refractivity contribution in [1.82, 2.24) is 0 Å². The second-order valence-electron chi connectivity index (χ2n) is 4.69. The monoisotopic (exact) mass is 272 g/mol. The van der Waals surface area contributed by atoms with Crippen LogP contribution in [0.15, 0.2) is 48.5 Å². The van der Waals surface area contributed by atoms with Gasteiger partial charge in [0.25, 0.3) is 0 Å². The van der Waals surface area contributed by atoms with Gasteiger partial charge in [-0.2, -0.15) is 0 Å². The van der Waals surface area contributed by atoms with Crippen molar-refractivity contribution in [3.05, 3.63) is 59.7 Å². The average Bonchev–Trinajstić information content (AvgIpc) is 2.48. The molecule has 0 spiro atoms. The topological polar surface area (TPSA) is 38.7 Å². The lowest BCUT2D eigenvalue weighted by Crippen LogP contribution is -2.01. The Hall–Kier alpha value is -2.00. The average molecular weight is 272 g/mol. The lowest BCUT2D eigenvalue weighted by Gasteiger charge is -2.09. The van der Waals surface area contributed by atoms with Crippen LogP contribution in [-0.4, -0.2) is 18.8 Å². The zero-order chi connectivity index (χ0) is 14.4. The SMILES string of the molecule is COc1ccc(CCOc2ccc([C@H](C)O)cc2)cc1. The van der Waals surface area contributed by atoms with Crippen molar-refractivity contribution in [3.8, 4) is 11.5 Å². The fraction of sp³-hybridized carbons (Fsp3) is 0.294. The van der Waals surface area contributed by atoms with Crippen LogP contribution in [0.1, 0.15) is 24.2 Å². The molecule has 2 rings (SSSR count). The molecule has 3 nitrogen and oxygen atoms in total. The van der Waals surface area contributed by atoms with E-state index in [1.54, 1.807) is 14.0 Å². The molecule has 106 valence electrons. The highest BCUT2D eigenvalue weighted by atomic mass is 16.5. The van der Waals surface area contributed by atoms with Gasteiger partial charge in [-0.05, 0) is 42.3 Å². The summed E-state index contributed by atoms with van der Waals surface area (Å²) in [7, 11) is 1.66. The maximum Gasteiger partial charge on any atom is 0.119 e. The summed E-state index contributed by atoms with van der Waals surface area (Å²) in [5.74, 6) is 1.69. The third kappa shape index (κ3) is 4.00. The summed E-state index contributed by atoms with van der Waals surface area (Å²) in [6, 6.07) is 15.5. The molecule has 0 amide bonds. The van der Waals surface area contributed by atoms with Crippen molar-refractivity contribution in [2.24, 2.45) is 0 Å². The number of ether oxygens (including phenoxy) is 2. The normalized spacial score (nSPS) is 11.9. The van der Waals surface area contributed by atoms with Gasteiger partial charge in [-0.15, -0.1) is 0 Å². The molecule has 20 heavy (non-hydrogen) atoms. The van der Waals surface area contributed by atoms with E-state index in [4.69, 9.17) is 9.47 Å². The molecule has 3 heteroatoms. The highest BCUT2D eigenvalue weighted by Crippen LogP contribution is 2.18. The van der Waals surface area contributed by atoms with E-state index in [1.807, 2.05) is 48.5 Å². The van der Waals surface area contributed by atoms with Gasteiger partial charge in [0.2, 0.25) is 0 Å². The molecule has 2 aromatic carbocycles. The summed E-state index contributed by atoms with van der Waals surface area (Å²) in [6.45, 7) is 2.37. The Balaban J connectivity index is 1.82. The molecular formula is C17H20O3. The van der Waals surface area contributed by atoms with Gasteiger partial charge in [0, 0.05) is 6.42 Å². The third-order valence-corrected chi connectivity index (χ3v) is 3.18. The molecule has 1 atom stereocenters. The van der Waals surface area contributed by atoms with Gasteiger partial charge in [-0.25, -0.2) is 0 Å². The van der Waals surface area contributed by atoms with Crippen LogP contribution in [-0.2, 0) is 6.42 Å². The first kappa shape index (κ1) is 14.4. The van der Waals surface area contributed by atoms with Gasteiger partial charge in [-0.3, -0.25) is 0 Å². The third-order valence-electron chi connectivity index (χ3n) is 3.18. The summed E-state index contributed by atoms with van der Waals surface area (Å²) in [5, 5.41) is 9.43. The zero-order valence-corrected chi connectivity index (χ0v) is 11.9. The number of hydrogen-bond donors (Lipinski definition) is 1. The number of benzene rings is 2. The molecule has 0 saturated carbocycles. The molecule has 0 heterocycles. The van der Waals surface area contributed by atoms with Crippen LogP contribution in [0.3, 0.4) is 0 Å². The Labute approximate surface area is 119 Å². The number of aliphatic hydroxyl groups excluding tert-OH is 1. The first-order chi connectivity index (χ1) is 9.69. The predicted octanol–water partition coefficient (Wildman–Crippen LogP) is 3.37. The minimum absolute atomic E-state index is 0.441. The van der Waals surface area contributed by atoms with Gasteiger partial charge in [0.15, 0.2) is 0 Å². The summed E-state index contributed by atoms with van der Waals surface area (Å²) < 4.78 is 10.8. The molecule has 0 aliphatic rings. The fourth-order valence-corrected chi connectivity index (χ4v) is 1.92. The van der Waals surface area contributed by atoms with Crippen LogP contribution in [0.4, 0.5) is 0 Å². The van der Waals surface area contributed by atoms with Crippen molar-refractivity contribution in [2.75, 3.05) is 13.7 Å². The first-order valence-electron chi connectivity index (χ1n) is 6.73. The molecule has 0 bridgehead atoms. The van der Waals surface area contributed by atoms with E-state index in [9.17, 15) is 5.11 Å². The molecule has 0 radical (unpaired) electrons. The predicted molar refractivity (Wildman–Crippen MR) is 79.3 cm³/mol. The molecule has 1 N–H and O–H groups in total. The number of hydrogen-bond acceptors (Lipinski definition) is 3. The van der Waals surface area contributed by atoms with Crippen LogP contribution < -0.4 is 9.47 Å². The van der Waals surface area contributed by atoms with Crippen LogP contribution in [0.5, 0.6) is 11.5 Å². The summed E-state index contributed by atoms with van der Waals surface area (Å²) in [5.41, 5.74) is 2.11. The van der Waals surface area contributed by atoms with Crippen molar-refractivity contribution < 1.29 is 14.6 Å². The second kappa shape index (κ2) is 6.96. The Kier molecular flexibility index (Phi) is 5.02. The van der Waals surface area contributed by atoms with Crippen LogP contribution in [0.2, 0.25) is 0 Å². The fourth-order valence-electron chi connectivity index (χ4n) is 1.92. The minimum Gasteiger partial charge on any atom is -0.497 e. The van der Waals surface area contributed by atoms with E-state index in [0.29, 0.717) is 6.61 Å². The molecule has 0 aliphatic carbocycles. The molecule has 0 aromatic heterocycles. The van der Waals surface area contributed by atoms with E-state index >= 15 is 0 Å². The van der Waals surface area contributed by atoms with Crippen LogP contribution >= 0.6 is 0 Å². The minimum atomic E-state index is -0.441. The quantitative estimate of drug-likeness (QED) is 0.876. The smallest absolute Gasteiger partial charge is 0.119 e. The Morgan fingerprint density at radius 1 is 0.950 bits per heavy atom. The maximum absolute atomic E-state index is 9.43. The second-order valence-corrected chi connectivity index (χ2v) is 4.69. The molecule has 0 unspecified atom stereocenters. The number of methoxy groups -OCH3 is 1. The van der Waals surface area contributed by atoms with Gasteiger partial charge in [0.05, 0.1) is 19.8 Å². The first-order valence-corrected chi connectivity index (χ1v) is 6.73. The molecule has 0 aliphatic heterocycles. The molecule has 0 saturated heterocycles. The van der Waals surface area contributed by atoms with E-state index in [1.165, 1.54) is 5.56 Å². The lowest BCUT2D eigenvalue weighted by molar-refractivity contribution is 0.199. The van der Waals surface area contributed by atoms with Crippen molar-refractivity contribution in [1.29, 1.82) is 0 Å². The summed E-state index contributed by atoms with van der Waals surface area (Å²) in [6.07, 6.45) is 0.408. The summed E-state index contributed by atoms with van der Waals surface area (Å²) >= 11 is 0. The highest BCUT2D eigenvalue weighted by molar-refractivity contribution is 5.29. The Bertz CT molecular complexity index is 515. The van der Waals surface area contributed by atoms with E-state index in [0.717, 1.165) is 23.5 Å². The number of rotatable bonds is 6. The van der Waals surface area contributed by atoms with Gasteiger partial charge in [0.1, 0.15) is 11.5 Å². The van der Waals surface area contributed by atoms with Crippen LogP contribution in [0.25, 0.3) is 0 Å². The largest absolute Gasteiger partial charge is 0.497 e. The van der Waals surface area contributed by atoms with Gasteiger partial charge < -0.3 is 14.6 Å². The number of aliphatic hydroxyl groups is 1. The van der Waals surface area contributed by atoms with E-state index < -0.39 is 6.10 Å². The molecule has 2 aromatic rings. The molecular weight excluding hydrogens is 252 g/mol. The van der Waals surface area contributed by atoms with Crippen molar-refractivity contribution in [2.45, 2.75) is 19.4 Å².